The summed E-state index contributed by atoms with van der Waals surface area (Å²) in [6, 6.07) is -0.232. The molecule has 0 radical (unpaired) electrons. The fourth-order valence-corrected chi connectivity index (χ4v) is 2.56. The molecule has 118 valence electrons. The molecule has 0 bridgehead atoms. The van der Waals surface area contributed by atoms with Gasteiger partial charge in [-0.3, -0.25) is 4.79 Å². The summed E-state index contributed by atoms with van der Waals surface area (Å²) in [7, 11) is 2.06. The van der Waals surface area contributed by atoms with Gasteiger partial charge in [0.25, 0.3) is 0 Å². The fourth-order valence-electron chi connectivity index (χ4n) is 2.56. The number of carbonyl (C=O) groups is 1. The molecule has 1 fully saturated rings. The molecular formula is C15H30N2O3. The zero-order chi connectivity index (χ0) is 14.8. The molecule has 2 atom stereocenters. The van der Waals surface area contributed by atoms with Gasteiger partial charge in [0.2, 0.25) is 0 Å². The van der Waals surface area contributed by atoms with E-state index in [2.05, 4.69) is 24.2 Å². The molecule has 1 saturated heterocycles. The second-order valence-electron chi connectivity index (χ2n) is 5.56. The van der Waals surface area contributed by atoms with Crippen LogP contribution < -0.4 is 5.32 Å². The van der Waals surface area contributed by atoms with Crippen LogP contribution in [-0.4, -0.2) is 63.4 Å². The highest BCUT2D eigenvalue weighted by Crippen LogP contribution is 2.14. The first-order valence-electron chi connectivity index (χ1n) is 7.83. The maximum absolute atomic E-state index is 11.9. The van der Waals surface area contributed by atoms with Gasteiger partial charge in [-0.05, 0) is 45.7 Å². The van der Waals surface area contributed by atoms with Crippen LogP contribution >= 0.6 is 0 Å². The van der Waals surface area contributed by atoms with E-state index in [1.807, 2.05) is 6.92 Å². The van der Waals surface area contributed by atoms with Crippen LogP contribution in [-0.2, 0) is 14.3 Å². The molecule has 20 heavy (non-hydrogen) atoms. The molecule has 5 heteroatoms. The van der Waals surface area contributed by atoms with Gasteiger partial charge in [-0.25, -0.2) is 0 Å². The maximum atomic E-state index is 11.9. The van der Waals surface area contributed by atoms with Gasteiger partial charge in [-0.15, -0.1) is 0 Å². The van der Waals surface area contributed by atoms with Crippen molar-refractivity contribution >= 4 is 5.97 Å². The monoisotopic (exact) mass is 286 g/mol. The Hall–Kier alpha value is -0.650. The molecule has 0 aromatic rings. The Morgan fingerprint density at radius 1 is 1.50 bits per heavy atom. The normalized spacial score (nSPS) is 20.9. The van der Waals surface area contributed by atoms with E-state index in [0.717, 1.165) is 39.1 Å². The molecule has 0 aliphatic carbocycles. The van der Waals surface area contributed by atoms with Gasteiger partial charge < -0.3 is 19.7 Å². The van der Waals surface area contributed by atoms with Crippen molar-refractivity contribution in [2.45, 2.75) is 39.2 Å². The lowest BCUT2D eigenvalue weighted by atomic mass is 10.0. The second-order valence-corrected chi connectivity index (χ2v) is 5.56. The van der Waals surface area contributed by atoms with E-state index in [-0.39, 0.29) is 12.0 Å². The van der Waals surface area contributed by atoms with Crippen molar-refractivity contribution in [3.8, 4) is 0 Å². The first-order valence-corrected chi connectivity index (χ1v) is 7.83. The van der Waals surface area contributed by atoms with Gasteiger partial charge in [0, 0.05) is 19.7 Å². The maximum Gasteiger partial charge on any atom is 0.324 e. The highest BCUT2D eigenvalue weighted by molar-refractivity contribution is 5.76. The third-order valence-electron chi connectivity index (χ3n) is 3.53. The van der Waals surface area contributed by atoms with Crippen LogP contribution in [0.15, 0.2) is 0 Å². The van der Waals surface area contributed by atoms with E-state index < -0.39 is 0 Å². The molecule has 0 aromatic carbocycles. The summed E-state index contributed by atoms with van der Waals surface area (Å²) in [5.74, 6) is 0.440. The average molecular weight is 286 g/mol. The number of rotatable bonds is 9. The third kappa shape index (κ3) is 6.68. The fraction of sp³-hybridized carbons (Fsp3) is 0.933. The molecule has 1 rings (SSSR count). The first kappa shape index (κ1) is 17.4. The van der Waals surface area contributed by atoms with Crippen LogP contribution in [0, 0.1) is 5.92 Å². The van der Waals surface area contributed by atoms with Crippen LogP contribution in [0.4, 0.5) is 0 Å². The van der Waals surface area contributed by atoms with E-state index in [9.17, 15) is 4.79 Å². The van der Waals surface area contributed by atoms with Gasteiger partial charge in [0.05, 0.1) is 13.2 Å². The summed E-state index contributed by atoms with van der Waals surface area (Å²) in [5.41, 5.74) is 0. The third-order valence-corrected chi connectivity index (χ3v) is 3.53. The van der Waals surface area contributed by atoms with Crippen LogP contribution in [0.5, 0.6) is 0 Å². The minimum atomic E-state index is -0.232. The predicted octanol–water partition coefficient (Wildman–Crippen LogP) is 1.28. The minimum absolute atomic E-state index is 0.146. The molecule has 1 heterocycles. The van der Waals surface area contributed by atoms with E-state index in [4.69, 9.17) is 9.47 Å². The molecule has 0 spiro atoms. The Balaban J connectivity index is 2.38. The Morgan fingerprint density at radius 3 is 2.90 bits per heavy atom. The minimum Gasteiger partial charge on any atom is -0.465 e. The van der Waals surface area contributed by atoms with E-state index in [1.54, 1.807) is 0 Å². The van der Waals surface area contributed by atoms with Crippen molar-refractivity contribution in [3.63, 3.8) is 0 Å². The number of nitrogens with zero attached hydrogens (tertiary/aromatic N) is 1. The van der Waals surface area contributed by atoms with Gasteiger partial charge in [-0.1, -0.05) is 6.92 Å². The standard InChI is InChI=1S/C15H30N2O3/c1-4-8-16-14(15(18)20-5-2)11-17(3)10-13-7-6-9-19-12-13/h13-14,16H,4-12H2,1-3H3. The average Bonchev–Trinajstić information content (AvgIpc) is 2.44. The Morgan fingerprint density at radius 2 is 2.30 bits per heavy atom. The molecule has 0 amide bonds. The Kier molecular flexibility index (Phi) is 8.82. The van der Waals surface area contributed by atoms with E-state index >= 15 is 0 Å². The number of nitrogens with one attached hydrogen (secondary N) is 1. The van der Waals surface area contributed by atoms with Crippen molar-refractivity contribution in [1.82, 2.24) is 10.2 Å². The molecule has 5 nitrogen and oxygen atoms in total. The molecular weight excluding hydrogens is 256 g/mol. The van der Waals surface area contributed by atoms with Crippen molar-refractivity contribution in [3.05, 3.63) is 0 Å². The topological polar surface area (TPSA) is 50.8 Å². The van der Waals surface area contributed by atoms with Crippen LogP contribution in [0.2, 0.25) is 0 Å². The molecule has 1 aliphatic rings. The zero-order valence-electron chi connectivity index (χ0n) is 13.2. The summed E-state index contributed by atoms with van der Waals surface area (Å²) in [6.07, 6.45) is 3.38. The van der Waals surface area contributed by atoms with Crippen LogP contribution in [0.25, 0.3) is 0 Å². The number of hydrogen-bond acceptors (Lipinski definition) is 5. The molecule has 0 aromatic heterocycles. The smallest absolute Gasteiger partial charge is 0.324 e. The number of carbonyl (C=O) groups excluding carboxylic acids is 1. The van der Waals surface area contributed by atoms with E-state index in [1.165, 1.54) is 6.42 Å². The molecule has 1 aliphatic heterocycles. The summed E-state index contributed by atoms with van der Waals surface area (Å²) < 4.78 is 10.6. The van der Waals surface area contributed by atoms with Crippen molar-refractivity contribution < 1.29 is 14.3 Å². The van der Waals surface area contributed by atoms with Crippen LogP contribution in [0.1, 0.15) is 33.1 Å². The van der Waals surface area contributed by atoms with Crippen molar-refractivity contribution in [2.75, 3.05) is 46.5 Å². The first-order chi connectivity index (χ1) is 9.67. The van der Waals surface area contributed by atoms with Gasteiger partial charge in [-0.2, -0.15) is 0 Å². The second kappa shape index (κ2) is 10.1. The number of hydrogen-bond donors (Lipinski definition) is 1. The lowest BCUT2D eigenvalue weighted by Gasteiger charge is -2.29. The molecule has 0 saturated carbocycles. The van der Waals surface area contributed by atoms with Gasteiger partial charge in [0.1, 0.15) is 6.04 Å². The summed E-state index contributed by atoms with van der Waals surface area (Å²) in [4.78, 5) is 14.2. The van der Waals surface area contributed by atoms with Gasteiger partial charge in [0.15, 0.2) is 0 Å². The highest BCUT2D eigenvalue weighted by Gasteiger charge is 2.23. The Labute approximate surface area is 123 Å². The molecule has 2 unspecified atom stereocenters. The Bertz CT molecular complexity index is 268. The van der Waals surface area contributed by atoms with E-state index in [0.29, 0.717) is 19.1 Å². The SMILES string of the molecule is CCCNC(CN(C)CC1CCCOC1)C(=O)OCC. The number of likely N-dealkylation sites (N-methyl/N-ethyl adjacent to an activating group) is 1. The lowest BCUT2D eigenvalue weighted by Crippen LogP contribution is -2.47. The molecule has 1 N–H and O–H groups in total. The highest BCUT2D eigenvalue weighted by atomic mass is 16.5. The van der Waals surface area contributed by atoms with Crippen molar-refractivity contribution in [2.24, 2.45) is 5.92 Å². The predicted molar refractivity (Wildman–Crippen MR) is 79.8 cm³/mol. The largest absolute Gasteiger partial charge is 0.465 e. The van der Waals surface area contributed by atoms with Crippen molar-refractivity contribution in [1.29, 1.82) is 0 Å². The summed E-state index contributed by atoms with van der Waals surface area (Å²) in [5, 5.41) is 3.27. The van der Waals surface area contributed by atoms with Gasteiger partial charge >= 0.3 is 5.97 Å². The summed E-state index contributed by atoms with van der Waals surface area (Å²) >= 11 is 0. The quantitative estimate of drug-likeness (QED) is 0.647. The van der Waals surface area contributed by atoms with Crippen LogP contribution in [0.3, 0.4) is 0 Å². The zero-order valence-corrected chi connectivity index (χ0v) is 13.2. The number of esters is 1. The summed E-state index contributed by atoms with van der Waals surface area (Å²) in [6.45, 7) is 8.61. The number of ether oxygens (including phenoxy) is 2. The lowest BCUT2D eigenvalue weighted by molar-refractivity contribution is -0.146.